The summed E-state index contributed by atoms with van der Waals surface area (Å²) in [4.78, 5) is 42.8. The third-order valence-corrected chi connectivity index (χ3v) is 10.3. The number of aliphatic hydroxyl groups excluding tert-OH is 2. The maximum Gasteiger partial charge on any atom is 0.410 e. The maximum absolute atomic E-state index is 13.5. The molecule has 0 bridgehead atoms. The molecule has 0 aliphatic carbocycles. The van der Waals surface area contributed by atoms with E-state index in [9.17, 15) is 29.7 Å². The lowest BCUT2D eigenvalue weighted by atomic mass is 9.88. The fraction of sp³-hybridized carbons (Fsp3) is 0.763. The van der Waals surface area contributed by atoms with E-state index in [1.807, 2.05) is 27.7 Å². The van der Waals surface area contributed by atoms with E-state index in [0.29, 0.717) is 31.5 Å². The van der Waals surface area contributed by atoms with E-state index < -0.39 is 59.6 Å². The lowest BCUT2D eigenvalue weighted by Gasteiger charge is -2.37. The molecular formula is C38H62N2O10. The van der Waals surface area contributed by atoms with Gasteiger partial charge < -0.3 is 44.1 Å². The molecule has 0 spiro atoms. The van der Waals surface area contributed by atoms with Gasteiger partial charge in [0.2, 0.25) is 0 Å². The number of ether oxygens (including phenoxy) is 4. The van der Waals surface area contributed by atoms with Crippen molar-refractivity contribution in [3.05, 3.63) is 36.0 Å². The highest BCUT2D eigenvalue weighted by Crippen LogP contribution is 2.38. The number of allylic oxidation sites excluding steroid dienone is 2. The van der Waals surface area contributed by atoms with Crippen molar-refractivity contribution in [2.24, 2.45) is 11.8 Å². The number of likely N-dealkylation sites (N-methyl/N-ethyl adjacent to an activating group) is 1. The Balaban J connectivity index is 1.81. The quantitative estimate of drug-likeness (QED) is 0.0925. The van der Waals surface area contributed by atoms with Gasteiger partial charge >= 0.3 is 18.0 Å². The molecular weight excluding hydrogens is 644 g/mol. The van der Waals surface area contributed by atoms with Crippen LogP contribution in [0, 0.1) is 11.8 Å². The summed E-state index contributed by atoms with van der Waals surface area (Å²) in [6.45, 7) is 17.9. The molecule has 12 nitrogen and oxygen atoms in total. The SMILES string of the molecule is CCC(O)C(C)C1OC1CC(C)(O)/C=C/C=C(\C)C1OC(=O)CC(O)CCC(C)(OC(=O)N2CCCN(CC)CC2)C(OC(C)=O)/C=C\C1C. The average molecular weight is 707 g/mol. The van der Waals surface area contributed by atoms with Gasteiger partial charge in [0.25, 0.3) is 0 Å². The molecule has 50 heavy (non-hydrogen) atoms. The Morgan fingerprint density at radius 2 is 1.90 bits per heavy atom. The highest BCUT2D eigenvalue weighted by Gasteiger charge is 2.47. The van der Waals surface area contributed by atoms with Crippen LogP contribution in [0.1, 0.15) is 93.9 Å². The van der Waals surface area contributed by atoms with Gasteiger partial charge in [-0.25, -0.2) is 4.79 Å². The molecule has 0 aromatic carbocycles. The first-order valence-electron chi connectivity index (χ1n) is 18.3. The molecule has 0 radical (unpaired) electrons. The lowest BCUT2D eigenvalue weighted by Crippen LogP contribution is -2.49. The van der Waals surface area contributed by atoms with Crippen LogP contribution in [0.3, 0.4) is 0 Å². The molecule has 2 saturated heterocycles. The minimum absolute atomic E-state index is 0.0209. The lowest BCUT2D eigenvalue weighted by molar-refractivity contribution is -0.158. The highest BCUT2D eigenvalue weighted by atomic mass is 16.6. The number of esters is 2. The summed E-state index contributed by atoms with van der Waals surface area (Å²) in [5, 5.41) is 32.1. The number of amides is 1. The van der Waals surface area contributed by atoms with Gasteiger partial charge in [-0.1, -0.05) is 52.0 Å². The van der Waals surface area contributed by atoms with Crippen molar-refractivity contribution >= 4 is 18.0 Å². The van der Waals surface area contributed by atoms with E-state index in [0.717, 1.165) is 26.1 Å². The van der Waals surface area contributed by atoms with Crippen molar-refractivity contribution in [3.8, 4) is 0 Å². The zero-order valence-electron chi connectivity index (χ0n) is 31.4. The summed E-state index contributed by atoms with van der Waals surface area (Å²) in [6.07, 6.45) is 6.40. The fourth-order valence-electron chi connectivity index (χ4n) is 6.81. The Labute approximate surface area is 298 Å². The molecule has 3 N–H and O–H groups in total. The molecule has 10 unspecified atom stereocenters. The van der Waals surface area contributed by atoms with Crippen LogP contribution in [-0.2, 0) is 28.5 Å². The molecule has 3 aliphatic rings. The molecule has 0 saturated carbocycles. The minimum Gasteiger partial charge on any atom is -0.457 e. The first kappa shape index (κ1) is 41.6. The normalized spacial score (nSPS) is 33.5. The van der Waals surface area contributed by atoms with E-state index in [1.165, 1.54) is 6.92 Å². The third kappa shape index (κ3) is 12.5. The number of rotatable bonds is 11. The van der Waals surface area contributed by atoms with Gasteiger partial charge in [-0.2, -0.15) is 0 Å². The van der Waals surface area contributed by atoms with Crippen LogP contribution < -0.4 is 0 Å². The van der Waals surface area contributed by atoms with Crippen LogP contribution in [0.5, 0.6) is 0 Å². The zero-order chi connectivity index (χ0) is 37.2. The summed E-state index contributed by atoms with van der Waals surface area (Å²) in [5.74, 6) is -1.55. The monoisotopic (exact) mass is 706 g/mol. The largest absolute Gasteiger partial charge is 0.457 e. The Kier molecular flexibility index (Phi) is 15.5. The first-order valence-corrected chi connectivity index (χ1v) is 18.3. The topological polar surface area (TPSA) is 159 Å². The number of hydrogen-bond acceptors (Lipinski definition) is 11. The van der Waals surface area contributed by atoms with Crippen LogP contribution in [-0.4, -0.2) is 124 Å². The predicted octanol–water partition coefficient (Wildman–Crippen LogP) is 4.31. The number of carbonyl (C=O) groups excluding carboxylic acids is 3. The Morgan fingerprint density at radius 1 is 1.18 bits per heavy atom. The van der Waals surface area contributed by atoms with Crippen molar-refractivity contribution in [2.75, 3.05) is 32.7 Å². The standard InChI is InChI=1S/C38H62N2O10/c1-9-30(43)27(5)35-31(48-35)24-37(7,46)17-11-13-25(3)34-26(4)14-15-32(47-28(6)41)38(8,18-16-29(42)23-33(44)49-34)50-36(45)40-20-12-19-39(10-2)21-22-40/h11,13-15,17,26-27,29-32,34-35,42-43,46H,9-10,12,16,18-24H2,1-8H3/b15-14-,17-11+,25-13+. The van der Waals surface area contributed by atoms with Gasteiger partial charge in [0.05, 0.1) is 36.4 Å². The molecule has 3 aliphatic heterocycles. The van der Waals surface area contributed by atoms with Crippen molar-refractivity contribution in [1.29, 1.82) is 0 Å². The van der Waals surface area contributed by atoms with Crippen LogP contribution in [0.15, 0.2) is 36.0 Å². The van der Waals surface area contributed by atoms with E-state index in [1.54, 1.807) is 49.1 Å². The summed E-state index contributed by atoms with van der Waals surface area (Å²) >= 11 is 0. The number of carbonyl (C=O) groups is 3. The summed E-state index contributed by atoms with van der Waals surface area (Å²) < 4.78 is 23.5. The van der Waals surface area contributed by atoms with Crippen LogP contribution in [0.4, 0.5) is 4.79 Å². The number of nitrogens with zero attached hydrogens (tertiary/aromatic N) is 2. The highest BCUT2D eigenvalue weighted by molar-refractivity contribution is 5.71. The maximum atomic E-state index is 13.5. The van der Waals surface area contributed by atoms with Crippen molar-refractivity contribution in [1.82, 2.24) is 9.80 Å². The van der Waals surface area contributed by atoms with Crippen LogP contribution in [0.25, 0.3) is 0 Å². The van der Waals surface area contributed by atoms with Crippen molar-refractivity contribution in [2.45, 2.75) is 142 Å². The van der Waals surface area contributed by atoms with E-state index >= 15 is 0 Å². The van der Waals surface area contributed by atoms with Crippen LogP contribution >= 0.6 is 0 Å². The second kappa shape index (κ2) is 18.6. The van der Waals surface area contributed by atoms with Crippen LogP contribution in [0.2, 0.25) is 0 Å². The van der Waals surface area contributed by atoms with Gasteiger partial charge in [-0.15, -0.1) is 0 Å². The van der Waals surface area contributed by atoms with Gasteiger partial charge in [0.1, 0.15) is 6.10 Å². The number of aliphatic hydroxyl groups is 3. The molecule has 3 heterocycles. The minimum atomic E-state index is -1.33. The molecule has 3 rings (SSSR count). The number of hydrogen-bond donors (Lipinski definition) is 3. The smallest absolute Gasteiger partial charge is 0.410 e. The summed E-state index contributed by atoms with van der Waals surface area (Å²) in [5.41, 5.74) is -1.81. The molecule has 0 aromatic heterocycles. The van der Waals surface area contributed by atoms with Gasteiger partial charge in [-0.05, 0) is 71.2 Å². The van der Waals surface area contributed by atoms with E-state index in [-0.39, 0.29) is 37.4 Å². The average Bonchev–Trinajstić information content (AvgIpc) is 3.85. The molecule has 2 fully saturated rings. The molecule has 0 aromatic rings. The number of epoxide rings is 1. The molecule has 1 amide bonds. The summed E-state index contributed by atoms with van der Waals surface area (Å²) in [7, 11) is 0. The predicted molar refractivity (Wildman–Crippen MR) is 189 cm³/mol. The Bertz CT molecular complexity index is 1230. The Morgan fingerprint density at radius 3 is 2.56 bits per heavy atom. The first-order chi connectivity index (χ1) is 23.5. The van der Waals surface area contributed by atoms with Gasteiger partial charge in [-0.3, -0.25) is 9.59 Å². The van der Waals surface area contributed by atoms with Crippen molar-refractivity contribution < 1.29 is 48.7 Å². The zero-order valence-corrected chi connectivity index (χ0v) is 31.4. The second-order valence-corrected chi connectivity index (χ2v) is 14.8. The van der Waals surface area contributed by atoms with E-state index in [4.69, 9.17) is 18.9 Å². The Hall–Kier alpha value is -2.77. The van der Waals surface area contributed by atoms with E-state index in [2.05, 4.69) is 11.8 Å². The van der Waals surface area contributed by atoms with Gasteiger partial charge in [0, 0.05) is 44.8 Å². The molecule has 10 atom stereocenters. The fourth-order valence-corrected chi connectivity index (χ4v) is 6.81. The molecule has 12 heteroatoms. The van der Waals surface area contributed by atoms with Gasteiger partial charge in [0.15, 0.2) is 11.7 Å². The van der Waals surface area contributed by atoms with Crippen molar-refractivity contribution in [3.63, 3.8) is 0 Å². The third-order valence-electron chi connectivity index (χ3n) is 10.3. The summed E-state index contributed by atoms with van der Waals surface area (Å²) in [6, 6.07) is 0. The molecule has 284 valence electrons. The second-order valence-electron chi connectivity index (χ2n) is 14.8. The number of cyclic esters (lactones) is 1.